The highest BCUT2D eigenvalue weighted by molar-refractivity contribution is 5.25. The van der Waals surface area contributed by atoms with E-state index in [1.165, 1.54) is 5.56 Å². The van der Waals surface area contributed by atoms with Gasteiger partial charge in [-0.1, -0.05) is 48.5 Å². The van der Waals surface area contributed by atoms with Crippen molar-refractivity contribution in [2.24, 2.45) is 0 Å². The summed E-state index contributed by atoms with van der Waals surface area (Å²) in [5.74, 6) is 1.72. The van der Waals surface area contributed by atoms with Gasteiger partial charge in [0.25, 0.3) is 0 Å². The summed E-state index contributed by atoms with van der Waals surface area (Å²) >= 11 is 0. The fraction of sp³-hybridized carbons (Fsp3) is 0.167. The number of nitrogens with one attached hydrogen (secondary N) is 1. The fourth-order valence-electron chi connectivity index (χ4n) is 2.26. The largest absolute Gasteiger partial charge is 0.486 e. The lowest BCUT2D eigenvalue weighted by molar-refractivity contribution is 0.297. The SMILES string of the molecule is Cc1[nH]c(COc2ccccc2)nc1Cc1ccccc1. The van der Waals surface area contributed by atoms with Gasteiger partial charge in [0, 0.05) is 12.1 Å². The molecular weight excluding hydrogens is 260 g/mol. The lowest BCUT2D eigenvalue weighted by Crippen LogP contribution is -1.97. The molecule has 3 heteroatoms. The molecule has 0 atom stereocenters. The van der Waals surface area contributed by atoms with Gasteiger partial charge in [-0.15, -0.1) is 0 Å². The van der Waals surface area contributed by atoms with Crippen molar-refractivity contribution in [2.75, 3.05) is 0 Å². The molecule has 3 rings (SSSR count). The van der Waals surface area contributed by atoms with Crippen molar-refractivity contribution in [3.8, 4) is 5.75 Å². The molecular formula is C18H18N2O. The molecule has 0 bridgehead atoms. The van der Waals surface area contributed by atoms with Crippen LogP contribution in [-0.4, -0.2) is 9.97 Å². The number of imidazole rings is 1. The maximum absolute atomic E-state index is 5.72. The van der Waals surface area contributed by atoms with Crippen LogP contribution in [0.1, 0.15) is 22.8 Å². The first-order valence-electron chi connectivity index (χ1n) is 7.07. The predicted molar refractivity (Wildman–Crippen MR) is 83.3 cm³/mol. The van der Waals surface area contributed by atoms with Crippen molar-refractivity contribution in [1.29, 1.82) is 0 Å². The summed E-state index contributed by atoms with van der Waals surface area (Å²) in [4.78, 5) is 7.94. The van der Waals surface area contributed by atoms with Gasteiger partial charge in [0.05, 0.1) is 5.69 Å². The van der Waals surface area contributed by atoms with Crippen LogP contribution in [0, 0.1) is 6.92 Å². The Morgan fingerprint density at radius 2 is 1.62 bits per heavy atom. The van der Waals surface area contributed by atoms with Crippen LogP contribution in [0.15, 0.2) is 60.7 Å². The number of rotatable bonds is 5. The van der Waals surface area contributed by atoms with Crippen LogP contribution in [0.4, 0.5) is 0 Å². The summed E-state index contributed by atoms with van der Waals surface area (Å²) in [6.45, 7) is 2.51. The topological polar surface area (TPSA) is 37.9 Å². The van der Waals surface area contributed by atoms with Gasteiger partial charge in [-0.2, -0.15) is 0 Å². The highest BCUT2D eigenvalue weighted by Crippen LogP contribution is 2.14. The zero-order valence-electron chi connectivity index (χ0n) is 12.0. The van der Waals surface area contributed by atoms with Gasteiger partial charge >= 0.3 is 0 Å². The summed E-state index contributed by atoms with van der Waals surface area (Å²) in [6, 6.07) is 20.2. The van der Waals surface area contributed by atoms with Crippen molar-refractivity contribution in [3.05, 3.63) is 83.4 Å². The lowest BCUT2D eigenvalue weighted by Gasteiger charge is -2.02. The summed E-state index contributed by atoms with van der Waals surface area (Å²) in [6.07, 6.45) is 0.842. The molecule has 3 aromatic rings. The van der Waals surface area contributed by atoms with E-state index < -0.39 is 0 Å². The molecule has 0 unspecified atom stereocenters. The first kappa shape index (κ1) is 13.4. The number of nitrogens with zero attached hydrogens (tertiary/aromatic N) is 1. The Balaban J connectivity index is 1.67. The van der Waals surface area contributed by atoms with Crippen LogP contribution in [0.5, 0.6) is 5.75 Å². The minimum atomic E-state index is 0.458. The average molecular weight is 278 g/mol. The number of aromatic nitrogens is 2. The molecule has 1 heterocycles. The molecule has 0 spiro atoms. The monoisotopic (exact) mass is 278 g/mol. The molecule has 0 saturated heterocycles. The van der Waals surface area contributed by atoms with E-state index in [2.05, 4.69) is 41.2 Å². The molecule has 2 aromatic carbocycles. The standard InChI is InChI=1S/C18H18N2O/c1-14-17(12-15-8-4-2-5-9-15)20-18(19-14)13-21-16-10-6-3-7-11-16/h2-11H,12-13H2,1H3,(H,19,20). The van der Waals surface area contributed by atoms with E-state index in [-0.39, 0.29) is 0 Å². The van der Waals surface area contributed by atoms with Gasteiger partial charge in [0.1, 0.15) is 18.2 Å². The summed E-state index contributed by atoms with van der Waals surface area (Å²) in [7, 11) is 0. The van der Waals surface area contributed by atoms with Gasteiger partial charge in [-0.05, 0) is 24.6 Å². The second-order valence-electron chi connectivity index (χ2n) is 5.02. The van der Waals surface area contributed by atoms with Gasteiger partial charge in [0.15, 0.2) is 0 Å². The second-order valence-corrected chi connectivity index (χ2v) is 5.02. The van der Waals surface area contributed by atoms with Crippen molar-refractivity contribution in [1.82, 2.24) is 9.97 Å². The van der Waals surface area contributed by atoms with Gasteiger partial charge < -0.3 is 9.72 Å². The number of aromatic amines is 1. The van der Waals surface area contributed by atoms with Crippen molar-refractivity contribution in [3.63, 3.8) is 0 Å². The Bertz CT molecular complexity index is 690. The minimum absolute atomic E-state index is 0.458. The number of H-pyrrole nitrogens is 1. The van der Waals surface area contributed by atoms with E-state index in [0.29, 0.717) is 6.61 Å². The zero-order chi connectivity index (χ0) is 14.5. The number of aryl methyl sites for hydroxylation is 1. The molecule has 106 valence electrons. The third kappa shape index (κ3) is 3.51. The minimum Gasteiger partial charge on any atom is -0.486 e. The molecule has 0 fully saturated rings. The van der Waals surface area contributed by atoms with Crippen molar-refractivity contribution < 1.29 is 4.74 Å². The number of ether oxygens (including phenoxy) is 1. The Morgan fingerprint density at radius 1 is 0.952 bits per heavy atom. The molecule has 0 aliphatic carbocycles. The van der Waals surface area contributed by atoms with E-state index in [4.69, 9.17) is 4.74 Å². The fourth-order valence-corrected chi connectivity index (χ4v) is 2.26. The highest BCUT2D eigenvalue weighted by Gasteiger charge is 2.08. The van der Waals surface area contributed by atoms with Gasteiger partial charge in [-0.3, -0.25) is 0 Å². The Hall–Kier alpha value is -2.55. The molecule has 1 N–H and O–H groups in total. The van der Waals surface area contributed by atoms with Crippen LogP contribution in [0.3, 0.4) is 0 Å². The maximum atomic E-state index is 5.72. The van der Waals surface area contributed by atoms with E-state index >= 15 is 0 Å². The van der Waals surface area contributed by atoms with Crippen LogP contribution >= 0.6 is 0 Å². The Labute approximate surface area is 124 Å². The number of hydrogen-bond acceptors (Lipinski definition) is 2. The molecule has 0 aliphatic heterocycles. The first-order chi connectivity index (χ1) is 10.3. The molecule has 0 radical (unpaired) electrons. The second kappa shape index (κ2) is 6.27. The average Bonchev–Trinajstić information content (AvgIpc) is 2.87. The van der Waals surface area contributed by atoms with Gasteiger partial charge in [0.2, 0.25) is 0 Å². The highest BCUT2D eigenvalue weighted by atomic mass is 16.5. The maximum Gasteiger partial charge on any atom is 0.146 e. The van der Waals surface area contributed by atoms with Crippen molar-refractivity contribution in [2.45, 2.75) is 20.0 Å². The molecule has 3 nitrogen and oxygen atoms in total. The molecule has 21 heavy (non-hydrogen) atoms. The third-order valence-corrected chi connectivity index (χ3v) is 3.37. The summed E-state index contributed by atoms with van der Waals surface area (Å²) in [5.41, 5.74) is 3.45. The smallest absolute Gasteiger partial charge is 0.146 e. The molecule has 0 aliphatic rings. The predicted octanol–water partition coefficient (Wildman–Crippen LogP) is 3.89. The first-order valence-corrected chi connectivity index (χ1v) is 7.07. The van der Waals surface area contributed by atoms with E-state index in [9.17, 15) is 0 Å². The van der Waals surface area contributed by atoms with E-state index in [1.807, 2.05) is 36.4 Å². The molecule has 0 amide bonds. The third-order valence-electron chi connectivity index (χ3n) is 3.37. The number of benzene rings is 2. The van der Waals surface area contributed by atoms with E-state index in [0.717, 1.165) is 29.4 Å². The number of para-hydroxylation sites is 1. The molecule has 0 saturated carbocycles. The van der Waals surface area contributed by atoms with Crippen LogP contribution in [0.25, 0.3) is 0 Å². The summed E-state index contributed by atoms with van der Waals surface area (Å²) in [5, 5.41) is 0. The Morgan fingerprint density at radius 3 is 2.33 bits per heavy atom. The lowest BCUT2D eigenvalue weighted by atomic mass is 10.1. The summed E-state index contributed by atoms with van der Waals surface area (Å²) < 4.78 is 5.72. The molecule has 1 aromatic heterocycles. The zero-order valence-corrected chi connectivity index (χ0v) is 12.0. The van der Waals surface area contributed by atoms with Crippen LogP contribution in [-0.2, 0) is 13.0 Å². The quantitative estimate of drug-likeness (QED) is 0.769. The normalized spacial score (nSPS) is 10.5. The van der Waals surface area contributed by atoms with Gasteiger partial charge in [-0.25, -0.2) is 4.98 Å². The number of hydrogen-bond donors (Lipinski definition) is 1. The Kier molecular flexibility index (Phi) is 4.01. The van der Waals surface area contributed by atoms with E-state index in [1.54, 1.807) is 0 Å². The van der Waals surface area contributed by atoms with Crippen LogP contribution < -0.4 is 4.74 Å². The van der Waals surface area contributed by atoms with Crippen molar-refractivity contribution >= 4 is 0 Å². The van der Waals surface area contributed by atoms with Crippen LogP contribution in [0.2, 0.25) is 0 Å².